The van der Waals surface area contributed by atoms with Crippen molar-refractivity contribution in [3.8, 4) is 17.1 Å². The molecule has 2 aromatic heterocycles. The smallest absolute Gasteiger partial charge is 0.192 e. The maximum absolute atomic E-state index is 12.8. The Morgan fingerprint density at radius 2 is 2.07 bits per heavy atom. The Bertz CT molecular complexity index is 944. The van der Waals surface area contributed by atoms with Gasteiger partial charge in [-0.1, -0.05) is 17.8 Å². The van der Waals surface area contributed by atoms with E-state index < -0.39 is 0 Å². The lowest BCUT2D eigenvalue weighted by atomic mass is 10.1. The molecule has 6 nitrogen and oxygen atoms in total. The molecule has 0 aliphatic rings. The summed E-state index contributed by atoms with van der Waals surface area (Å²) < 4.78 is 12.5. The molecule has 0 aliphatic heterocycles. The van der Waals surface area contributed by atoms with Crippen molar-refractivity contribution in [3.05, 3.63) is 60.6 Å². The van der Waals surface area contributed by atoms with Crippen molar-refractivity contribution in [2.75, 3.05) is 7.11 Å². The first kappa shape index (κ1) is 19.0. The first-order valence-corrected chi connectivity index (χ1v) is 9.36. The number of aryl methyl sites for hydroxylation is 1. The molecular formula is C20H21N3O3S. The summed E-state index contributed by atoms with van der Waals surface area (Å²) in [5, 5.41) is 8.94. The number of carbonyl (C=O) groups is 1. The van der Waals surface area contributed by atoms with Gasteiger partial charge in [-0.25, -0.2) is 0 Å². The number of hydrogen-bond acceptors (Lipinski definition) is 6. The van der Waals surface area contributed by atoms with Crippen LogP contribution in [0.2, 0.25) is 0 Å². The molecule has 0 aliphatic carbocycles. The van der Waals surface area contributed by atoms with Crippen LogP contribution in [0, 0.1) is 6.92 Å². The van der Waals surface area contributed by atoms with Crippen LogP contribution in [-0.4, -0.2) is 32.9 Å². The molecular weight excluding hydrogens is 362 g/mol. The third-order valence-corrected chi connectivity index (χ3v) is 5.23. The lowest BCUT2D eigenvalue weighted by Crippen LogP contribution is -2.14. The number of thioether (sulfide) groups is 1. The normalized spacial score (nSPS) is 12.0. The van der Waals surface area contributed by atoms with Crippen molar-refractivity contribution in [2.24, 2.45) is 0 Å². The number of benzene rings is 1. The maximum atomic E-state index is 12.8. The number of hydrogen-bond donors (Lipinski definition) is 0. The van der Waals surface area contributed by atoms with E-state index in [0.29, 0.717) is 23.1 Å². The minimum atomic E-state index is -0.315. The predicted octanol–water partition coefficient (Wildman–Crippen LogP) is 4.40. The summed E-state index contributed by atoms with van der Waals surface area (Å²) in [4.78, 5) is 12.8. The monoisotopic (exact) mass is 383 g/mol. The summed E-state index contributed by atoms with van der Waals surface area (Å²) in [6.45, 7) is 8.10. The number of ether oxygens (including phenoxy) is 1. The number of furan rings is 1. The van der Waals surface area contributed by atoms with Crippen molar-refractivity contribution in [1.29, 1.82) is 0 Å². The van der Waals surface area contributed by atoms with Gasteiger partial charge < -0.3 is 9.15 Å². The van der Waals surface area contributed by atoms with Crippen molar-refractivity contribution in [1.82, 2.24) is 14.8 Å². The Morgan fingerprint density at radius 1 is 1.33 bits per heavy atom. The van der Waals surface area contributed by atoms with Gasteiger partial charge in [0.2, 0.25) is 0 Å². The average Bonchev–Trinajstić information content (AvgIpc) is 3.27. The van der Waals surface area contributed by atoms with Crippen LogP contribution in [0.1, 0.15) is 23.0 Å². The number of carbonyl (C=O) groups excluding carboxylic acids is 1. The van der Waals surface area contributed by atoms with Gasteiger partial charge in [0.05, 0.1) is 24.2 Å². The van der Waals surface area contributed by atoms with Crippen molar-refractivity contribution in [3.63, 3.8) is 0 Å². The molecule has 0 saturated heterocycles. The van der Waals surface area contributed by atoms with E-state index in [-0.39, 0.29) is 11.0 Å². The zero-order chi connectivity index (χ0) is 19.4. The molecule has 3 aromatic rings. The quantitative estimate of drug-likeness (QED) is 0.326. The minimum absolute atomic E-state index is 0.0249. The Labute approximate surface area is 162 Å². The highest BCUT2D eigenvalue weighted by Gasteiger charge is 2.22. The molecule has 0 spiro atoms. The highest BCUT2D eigenvalue weighted by atomic mass is 32.2. The second kappa shape index (κ2) is 8.26. The van der Waals surface area contributed by atoms with Crippen molar-refractivity contribution in [2.45, 2.75) is 30.8 Å². The van der Waals surface area contributed by atoms with Gasteiger partial charge in [-0.3, -0.25) is 9.36 Å². The number of rotatable bonds is 8. The molecule has 3 rings (SSSR count). The summed E-state index contributed by atoms with van der Waals surface area (Å²) in [5.41, 5.74) is 1.52. The summed E-state index contributed by atoms with van der Waals surface area (Å²) in [6, 6.07) is 8.97. The van der Waals surface area contributed by atoms with Crippen LogP contribution < -0.4 is 4.74 Å². The molecule has 0 fully saturated rings. The Kier molecular flexibility index (Phi) is 5.81. The molecule has 0 N–H and O–H groups in total. The summed E-state index contributed by atoms with van der Waals surface area (Å²) in [5.74, 6) is 2.22. The predicted molar refractivity (Wildman–Crippen MR) is 105 cm³/mol. The Balaban J connectivity index is 1.83. The van der Waals surface area contributed by atoms with E-state index in [1.807, 2.05) is 24.5 Å². The van der Waals surface area contributed by atoms with E-state index in [1.54, 1.807) is 43.7 Å². The van der Waals surface area contributed by atoms with Gasteiger partial charge in [0.1, 0.15) is 11.5 Å². The number of ketones is 1. The molecule has 7 heteroatoms. The van der Waals surface area contributed by atoms with E-state index in [1.165, 1.54) is 11.8 Å². The second-order valence-electron chi connectivity index (χ2n) is 5.95. The lowest BCUT2D eigenvalue weighted by molar-refractivity contribution is 0.0994. The lowest BCUT2D eigenvalue weighted by Gasteiger charge is -2.12. The maximum Gasteiger partial charge on any atom is 0.192 e. The second-order valence-corrected chi connectivity index (χ2v) is 7.26. The van der Waals surface area contributed by atoms with Crippen LogP contribution in [0.15, 0.2) is 58.8 Å². The van der Waals surface area contributed by atoms with E-state index in [9.17, 15) is 4.79 Å². The van der Waals surface area contributed by atoms with Crippen molar-refractivity contribution >= 4 is 17.5 Å². The molecule has 1 aromatic carbocycles. The number of Topliss-reactive ketones (excluding diaryl/α,β-unsaturated/α-hetero) is 1. The fraction of sp³-hybridized carbons (Fsp3) is 0.250. The van der Waals surface area contributed by atoms with Crippen LogP contribution in [0.3, 0.4) is 0 Å². The number of nitrogens with zero attached hydrogens (tertiary/aromatic N) is 3. The average molecular weight is 383 g/mol. The summed E-state index contributed by atoms with van der Waals surface area (Å²) in [6.07, 6.45) is 3.41. The van der Waals surface area contributed by atoms with Crippen LogP contribution in [0.4, 0.5) is 0 Å². The van der Waals surface area contributed by atoms with Crippen LogP contribution in [-0.2, 0) is 6.54 Å². The molecule has 1 atom stereocenters. The van der Waals surface area contributed by atoms with E-state index in [0.717, 1.165) is 17.1 Å². The van der Waals surface area contributed by atoms with Crippen molar-refractivity contribution < 1.29 is 13.9 Å². The largest absolute Gasteiger partial charge is 0.497 e. The fourth-order valence-electron chi connectivity index (χ4n) is 2.69. The van der Waals surface area contributed by atoms with Gasteiger partial charge in [-0.15, -0.1) is 16.8 Å². The van der Waals surface area contributed by atoms with E-state index in [4.69, 9.17) is 9.15 Å². The SMILES string of the molecule is C=CCn1c(SC(C)C(=O)c2ccc(OC)cc2)nnc1-c1ccoc1C. The highest BCUT2D eigenvalue weighted by molar-refractivity contribution is 8.00. The molecule has 2 heterocycles. The number of aromatic nitrogens is 3. The molecule has 0 radical (unpaired) electrons. The molecule has 140 valence electrons. The molecule has 0 amide bonds. The van der Waals surface area contributed by atoms with Gasteiger partial charge in [0.25, 0.3) is 0 Å². The van der Waals surface area contributed by atoms with Crippen LogP contribution >= 0.6 is 11.8 Å². The first-order chi connectivity index (χ1) is 13.0. The van der Waals surface area contributed by atoms with Gasteiger partial charge in [0.15, 0.2) is 16.8 Å². The van der Waals surface area contributed by atoms with Crippen LogP contribution in [0.25, 0.3) is 11.4 Å². The first-order valence-electron chi connectivity index (χ1n) is 8.48. The van der Waals surface area contributed by atoms with Gasteiger partial charge in [-0.2, -0.15) is 0 Å². The van der Waals surface area contributed by atoms with E-state index in [2.05, 4.69) is 16.8 Å². The van der Waals surface area contributed by atoms with Gasteiger partial charge in [-0.05, 0) is 44.2 Å². The Hall–Kier alpha value is -2.80. The van der Waals surface area contributed by atoms with E-state index >= 15 is 0 Å². The zero-order valence-corrected chi connectivity index (χ0v) is 16.3. The topological polar surface area (TPSA) is 70.2 Å². The van der Waals surface area contributed by atoms with Gasteiger partial charge in [0, 0.05) is 12.1 Å². The summed E-state index contributed by atoms with van der Waals surface area (Å²) in [7, 11) is 1.60. The third kappa shape index (κ3) is 3.98. The third-order valence-electron chi connectivity index (χ3n) is 4.15. The van der Waals surface area contributed by atoms with Gasteiger partial charge >= 0.3 is 0 Å². The number of methoxy groups -OCH3 is 1. The fourth-order valence-corrected chi connectivity index (χ4v) is 3.62. The summed E-state index contributed by atoms with van der Waals surface area (Å²) >= 11 is 1.38. The highest BCUT2D eigenvalue weighted by Crippen LogP contribution is 2.30. The van der Waals surface area contributed by atoms with Crippen LogP contribution in [0.5, 0.6) is 5.75 Å². The molecule has 0 bridgehead atoms. The Morgan fingerprint density at radius 3 is 2.67 bits per heavy atom. The zero-order valence-electron chi connectivity index (χ0n) is 15.5. The standard InChI is InChI=1S/C20H21N3O3S/c1-5-11-23-19(17-10-12-26-13(17)2)21-22-20(23)27-14(3)18(24)15-6-8-16(25-4)9-7-15/h5-10,12,14H,1,11H2,2-4H3. The molecule has 1 unspecified atom stereocenters. The number of allylic oxidation sites excluding steroid dienone is 1. The molecule has 27 heavy (non-hydrogen) atoms. The minimum Gasteiger partial charge on any atom is -0.497 e. The molecule has 0 saturated carbocycles.